The highest BCUT2D eigenvalue weighted by Crippen LogP contribution is 2.13. The summed E-state index contributed by atoms with van der Waals surface area (Å²) < 4.78 is 0. The molecule has 0 saturated carbocycles. The molecule has 1 fully saturated rings. The van der Waals surface area contributed by atoms with Crippen molar-refractivity contribution in [2.75, 3.05) is 31.1 Å². The molecular weight excluding hydrogens is 200 g/mol. The minimum Gasteiger partial charge on any atom is -0.353 e. The lowest BCUT2D eigenvalue weighted by Gasteiger charge is -2.37. The third-order valence-corrected chi connectivity index (χ3v) is 3.15. The van der Waals surface area contributed by atoms with E-state index in [1.807, 2.05) is 13.0 Å². The predicted octanol–water partition coefficient (Wildman–Crippen LogP) is 1.32. The average Bonchev–Trinajstić information content (AvgIpc) is 2.30. The van der Waals surface area contributed by atoms with Crippen LogP contribution in [0.5, 0.6) is 0 Å². The third kappa shape index (κ3) is 2.50. The van der Waals surface area contributed by atoms with E-state index in [-0.39, 0.29) is 0 Å². The fraction of sp³-hybridized carbons (Fsp3) is 0.667. The van der Waals surface area contributed by atoms with Gasteiger partial charge in [0.05, 0.1) is 5.69 Å². The molecule has 0 aromatic carbocycles. The van der Waals surface area contributed by atoms with Gasteiger partial charge in [-0.2, -0.15) is 5.10 Å². The Morgan fingerprint density at radius 3 is 2.25 bits per heavy atom. The highest BCUT2D eigenvalue weighted by molar-refractivity contribution is 5.37. The van der Waals surface area contributed by atoms with E-state index in [1.165, 1.54) is 0 Å². The number of aryl methyl sites for hydroxylation is 1. The fourth-order valence-electron chi connectivity index (χ4n) is 2.03. The first kappa shape index (κ1) is 11.3. The quantitative estimate of drug-likeness (QED) is 0.752. The summed E-state index contributed by atoms with van der Waals surface area (Å²) in [5.41, 5.74) is 0.976. The van der Waals surface area contributed by atoms with Crippen molar-refractivity contribution >= 4 is 5.82 Å². The Morgan fingerprint density at radius 1 is 1.06 bits per heavy atom. The summed E-state index contributed by atoms with van der Waals surface area (Å²) in [5.74, 6) is 1.01. The van der Waals surface area contributed by atoms with E-state index < -0.39 is 0 Å². The largest absolute Gasteiger partial charge is 0.353 e. The summed E-state index contributed by atoms with van der Waals surface area (Å²) in [6.07, 6.45) is 0. The first-order valence-electron chi connectivity index (χ1n) is 5.96. The summed E-state index contributed by atoms with van der Waals surface area (Å²) in [7, 11) is 0. The minimum atomic E-state index is 0.645. The molecule has 2 rings (SSSR count). The van der Waals surface area contributed by atoms with E-state index in [1.54, 1.807) is 0 Å². The molecule has 0 N–H and O–H groups in total. The van der Waals surface area contributed by atoms with Crippen molar-refractivity contribution in [3.63, 3.8) is 0 Å². The molecule has 2 heterocycles. The van der Waals surface area contributed by atoms with Crippen LogP contribution in [0.4, 0.5) is 5.82 Å². The normalized spacial score (nSPS) is 18.1. The smallest absolute Gasteiger partial charge is 0.151 e. The Bertz CT molecular complexity index is 325. The molecule has 0 radical (unpaired) electrons. The molecule has 4 nitrogen and oxygen atoms in total. The molecule has 0 bridgehead atoms. The standard InChI is InChI=1S/C12H20N4/c1-10(2)15-6-8-16(9-7-15)12-5-4-11(3)13-14-12/h4-5,10H,6-9H2,1-3H3. The van der Waals surface area contributed by atoms with Gasteiger partial charge in [-0.1, -0.05) is 0 Å². The minimum absolute atomic E-state index is 0.645. The van der Waals surface area contributed by atoms with Gasteiger partial charge in [-0.05, 0) is 32.9 Å². The maximum atomic E-state index is 4.23. The lowest BCUT2D eigenvalue weighted by molar-refractivity contribution is 0.209. The van der Waals surface area contributed by atoms with Gasteiger partial charge in [0.15, 0.2) is 5.82 Å². The summed E-state index contributed by atoms with van der Waals surface area (Å²) >= 11 is 0. The van der Waals surface area contributed by atoms with E-state index in [0.29, 0.717) is 6.04 Å². The number of nitrogens with zero attached hydrogens (tertiary/aromatic N) is 4. The van der Waals surface area contributed by atoms with Crippen LogP contribution < -0.4 is 4.90 Å². The van der Waals surface area contributed by atoms with Crippen LogP contribution in [0.15, 0.2) is 12.1 Å². The maximum absolute atomic E-state index is 4.23. The lowest BCUT2D eigenvalue weighted by Crippen LogP contribution is -2.49. The predicted molar refractivity (Wildman–Crippen MR) is 65.7 cm³/mol. The fourth-order valence-corrected chi connectivity index (χ4v) is 2.03. The van der Waals surface area contributed by atoms with E-state index in [9.17, 15) is 0 Å². The zero-order chi connectivity index (χ0) is 11.5. The van der Waals surface area contributed by atoms with Gasteiger partial charge in [0.1, 0.15) is 0 Å². The average molecular weight is 220 g/mol. The van der Waals surface area contributed by atoms with Crippen molar-refractivity contribution in [2.45, 2.75) is 26.8 Å². The highest BCUT2D eigenvalue weighted by atomic mass is 15.3. The summed E-state index contributed by atoms with van der Waals surface area (Å²) in [6.45, 7) is 10.8. The zero-order valence-electron chi connectivity index (χ0n) is 10.3. The van der Waals surface area contributed by atoms with E-state index in [2.05, 4.69) is 39.9 Å². The van der Waals surface area contributed by atoms with Gasteiger partial charge >= 0.3 is 0 Å². The van der Waals surface area contributed by atoms with Crippen molar-refractivity contribution in [3.05, 3.63) is 17.8 Å². The van der Waals surface area contributed by atoms with Gasteiger partial charge in [-0.25, -0.2) is 0 Å². The first-order valence-corrected chi connectivity index (χ1v) is 5.96. The Morgan fingerprint density at radius 2 is 1.75 bits per heavy atom. The summed E-state index contributed by atoms with van der Waals surface area (Å²) in [5, 5.41) is 8.33. The summed E-state index contributed by atoms with van der Waals surface area (Å²) in [4.78, 5) is 4.81. The molecule has 1 aliphatic heterocycles. The molecule has 88 valence electrons. The van der Waals surface area contributed by atoms with E-state index in [4.69, 9.17) is 0 Å². The van der Waals surface area contributed by atoms with E-state index >= 15 is 0 Å². The Hall–Kier alpha value is -1.16. The van der Waals surface area contributed by atoms with Crippen LogP contribution in [0, 0.1) is 6.92 Å². The molecular formula is C12H20N4. The van der Waals surface area contributed by atoms with Crippen molar-refractivity contribution in [3.8, 4) is 0 Å². The van der Waals surface area contributed by atoms with Crippen LogP contribution in [0.1, 0.15) is 19.5 Å². The number of rotatable bonds is 2. The second kappa shape index (κ2) is 4.78. The number of hydrogen-bond donors (Lipinski definition) is 0. The van der Waals surface area contributed by atoms with Gasteiger partial charge in [-0.15, -0.1) is 5.10 Å². The third-order valence-electron chi connectivity index (χ3n) is 3.15. The zero-order valence-corrected chi connectivity index (χ0v) is 10.3. The van der Waals surface area contributed by atoms with Gasteiger partial charge < -0.3 is 4.90 Å². The molecule has 1 saturated heterocycles. The monoisotopic (exact) mass is 220 g/mol. The van der Waals surface area contributed by atoms with Crippen LogP contribution in [-0.2, 0) is 0 Å². The number of aromatic nitrogens is 2. The Balaban J connectivity index is 1.96. The van der Waals surface area contributed by atoms with Gasteiger partial charge in [0, 0.05) is 32.2 Å². The van der Waals surface area contributed by atoms with Crippen LogP contribution in [0.25, 0.3) is 0 Å². The maximum Gasteiger partial charge on any atom is 0.151 e. The lowest BCUT2D eigenvalue weighted by atomic mass is 10.2. The van der Waals surface area contributed by atoms with Crippen LogP contribution in [0.3, 0.4) is 0 Å². The second-order valence-electron chi connectivity index (χ2n) is 4.65. The van der Waals surface area contributed by atoms with Crippen molar-refractivity contribution in [2.24, 2.45) is 0 Å². The van der Waals surface area contributed by atoms with Crippen molar-refractivity contribution < 1.29 is 0 Å². The Labute approximate surface area is 97.3 Å². The van der Waals surface area contributed by atoms with Crippen LogP contribution in [-0.4, -0.2) is 47.3 Å². The molecule has 4 heteroatoms. The number of hydrogen-bond acceptors (Lipinski definition) is 4. The van der Waals surface area contributed by atoms with Gasteiger partial charge in [-0.3, -0.25) is 4.90 Å². The van der Waals surface area contributed by atoms with Crippen LogP contribution in [0.2, 0.25) is 0 Å². The Kier molecular flexibility index (Phi) is 3.39. The van der Waals surface area contributed by atoms with E-state index in [0.717, 1.165) is 37.7 Å². The van der Waals surface area contributed by atoms with Gasteiger partial charge in [0.25, 0.3) is 0 Å². The molecule has 1 aromatic heterocycles. The van der Waals surface area contributed by atoms with Crippen molar-refractivity contribution in [1.29, 1.82) is 0 Å². The first-order chi connectivity index (χ1) is 7.66. The molecule has 0 aliphatic carbocycles. The molecule has 1 aliphatic rings. The van der Waals surface area contributed by atoms with Crippen molar-refractivity contribution in [1.82, 2.24) is 15.1 Å². The molecule has 1 aromatic rings. The molecule has 0 spiro atoms. The SMILES string of the molecule is Cc1ccc(N2CCN(C(C)C)CC2)nn1. The summed E-state index contributed by atoms with van der Waals surface area (Å²) in [6, 6.07) is 4.73. The highest BCUT2D eigenvalue weighted by Gasteiger charge is 2.19. The molecule has 0 atom stereocenters. The second-order valence-corrected chi connectivity index (χ2v) is 4.65. The molecule has 0 unspecified atom stereocenters. The topological polar surface area (TPSA) is 32.3 Å². The molecule has 0 amide bonds. The number of piperazine rings is 1. The van der Waals surface area contributed by atoms with Crippen LogP contribution >= 0.6 is 0 Å². The van der Waals surface area contributed by atoms with Gasteiger partial charge in [0.2, 0.25) is 0 Å². The molecule has 16 heavy (non-hydrogen) atoms. The number of anilines is 1.